The van der Waals surface area contributed by atoms with Crippen LogP contribution in [0.1, 0.15) is 54.4 Å². The van der Waals surface area contributed by atoms with Crippen LogP contribution in [-0.4, -0.2) is 57.6 Å². The minimum Gasteiger partial charge on any atom is -0.339 e. The summed E-state index contributed by atoms with van der Waals surface area (Å²) in [6.45, 7) is 4.19. The molecule has 2 heterocycles. The number of halogens is 1. The number of fused-ring (bicyclic) bond motifs is 1. The first-order valence-electron chi connectivity index (χ1n) is 10.5. The summed E-state index contributed by atoms with van der Waals surface area (Å²) in [7, 11) is 0. The number of aromatic nitrogens is 2. The van der Waals surface area contributed by atoms with Gasteiger partial charge in [-0.3, -0.25) is 9.59 Å². The zero-order valence-corrected chi connectivity index (χ0v) is 17.6. The lowest BCUT2D eigenvalue weighted by Gasteiger charge is -2.34. The maximum atomic E-state index is 13.4. The molecule has 0 saturated carbocycles. The van der Waals surface area contributed by atoms with Crippen molar-refractivity contribution in [1.29, 1.82) is 0 Å². The molecule has 0 radical (unpaired) electrons. The molecule has 2 aliphatic rings. The summed E-state index contributed by atoms with van der Waals surface area (Å²) in [5.41, 5.74) is 3.75. The van der Waals surface area contributed by atoms with E-state index in [2.05, 4.69) is 0 Å². The van der Waals surface area contributed by atoms with Crippen LogP contribution in [0.2, 0.25) is 5.02 Å². The van der Waals surface area contributed by atoms with Gasteiger partial charge >= 0.3 is 0 Å². The van der Waals surface area contributed by atoms with Gasteiger partial charge in [0.1, 0.15) is 0 Å². The SMILES string of the molecule is CCC(=O)N1CCN(C(=O)c2nn(-c3ccc(Cl)cc3)c3c2CCCCC3)CC1. The number of rotatable bonds is 3. The smallest absolute Gasteiger partial charge is 0.274 e. The van der Waals surface area contributed by atoms with Gasteiger partial charge in [0.25, 0.3) is 5.91 Å². The highest BCUT2D eigenvalue weighted by atomic mass is 35.5. The summed E-state index contributed by atoms with van der Waals surface area (Å²) in [4.78, 5) is 29.0. The minimum absolute atomic E-state index is 0.0144. The molecule has 1 fully saturated rings. The molecule has 1 aliphatic carbocycles. The molecule has 6 nitrogen and oxygen atoms in total. The number of carbonyl (C=O) groups excluding carboxylic acids is 2. The molecule has 2 amide bonds. The maximum Gasteiger partial charge on any atom is 0.274 e. The average Bonchev–Trinajstić information content (AvgIpc) is 2.94. The number of carbonyl (C=O) groups is 2. The molecule has 154 valence electrons. The van der Waals surface area contributed by atoms with Gasteiger partial charge in [-0.2, -0.15) is 5.10 Å². The second-order valence-electron chi connectivity index (χ2n) is 7.75. The van der Waals surface area contributed by atoms with Crippen molar-refractivity contribution in [2.24, 2.45) is 0 Å². The van der Waals surface area contributed by atoms with Crippen molar-refractivity contribution in [3.8, 4) is 5.69 Å². The monoisotopic (exact) mass is 414 g/mol. The fourth-order valence-corrected chi connectivity index (χ4v) is 4.40. The van der Waals surface area contributed by atoms with Crippen molar-refractivity contribution >= 4 is 23.4 Å². The molecule has 29 heavy (non-hydrogen) atoms. The van der Waals surface area contributed by atoms with E-state index in [1.54, 1.807) is 0 Å². The molecule has 4 rings (SSSR count). The molecule has 7 heteroatoms. The number of benzene rings is 1. The minimum atomic E-state index is -0.0144. The highest BCUT2D eigenvalue weighted by Gasteiger charge is 2.30. The average molecular weight is 415 g/mol. The molecule has 1 aliphatic heterocycles. The number of hydrogen-bond donors (Lipinski definition) is 0. The van der Waals surface area contributed by atoms with E-state index in [-0.39, 0.29) is 11.8 Å². The normalized spacial score (nSPS) is 17.0. The van der Waals surface area contributed by atoms with Crippen LogP contribution < -0.4 is 0 Å². The van der Waals surface area contributed by atoms with Gasteiger partial charge in [0.15, 0.2) is 5.69 Å². The fraction of sp³-hybridized carbons (Fsp3) is 0.500. The van der Waals surface area contributed by atoms with Gasteiger partial charge in [-0.05, 0) is 49.9 Å². The Labute approximate surface area is 176 Å². The Kier molecular flexibility index (Phi) is 5.90. The fourth-order valence-electron chi connectivity index (χ4n) is 4.28. The van der Waals surface area contributed by atoms with Crippen LogP contribution in [0.4, 0.5) is 0 Å². The van der Waals surface area contributed by atoms with Crippen LogP contribution in [-0.2, 0) is 17.6 Å². The van der Waals surface area contributed by atoms with E-state index < -0.39 is 0 Å². The van der Waals surface area contributed by atoms with E-state index in [1.807, 2.05) is 45.7 Å². The number of piperazine rings is 1. The third-order valence-corrected chi connectivity index (χ3v) is 6.18. The number of nitrogens with zero attached hydrogens (tertiary/aromatic N) is 4. The van der Waals surface area contributed by atoms with E-state index in [4.69, 9.17) is 16.7 Å². The Morgan fingerprint density at radius 1 is 0.966 bits per heavy atom. The third-order valence-electron chi connectivity index (χ3n) is 5.93. The second kappa shape index (κ2) is 8.57. The van der Waals surface area contributed by atoms with Crippen molar-refractivity contribution in [3.63, 3.8) is 0 Å². The molecule has 0 unspecified atom stereocenters. The van der Waals surface area contributed by atoms with Gasteiger partial charge in [-0.15, -0.1) is 0 Å². The van der Waals surface area contributed by atoms with E-state index in [0.29, 0.717) is 43.3 Å². The predicted molar refractivity (Wildman–Crippen MR) is 113 cm³/mol. The molecule has 0 atom stereocenters. The van der Waals surface area contributed by atoms with E-state index >= 15 is 0 Å². The van der Waals surface area contributed by atoms with Crippen LogP contribution in [0, 0.1) is 0 Å². The molecule has 0 spiro atoms. The van der Waals surface area contributed by atoms with Crippen molar-refractivity contribution < 1.29 is 9.59 Å². The quantitative estimate of drug-likeness (QED) is 0.722. The van der Waals surface area contributed by atoms with Gasteiger partial charge in [-0.25, -0.2) is 4.68 Å². The molecule has 2 aromatic rings. The summed E-state index contributed by atoms with van der Waals surface area (Å²) in [5.74, 6) is 0.137. The van der Waals surface area contributed by atoms with Crippen LogP contribution in [0.3, 0.4) is 0 Å². The summed E-state index contributed by atoms with van der Waals surface area (Å²) >= 11 is 6.05. The van der Waals surface area contributed by atoms with E-state index in [0.717, 1.165) is 42.6 Å². The Morgan fingerprint density at radius 2 is 1.62 bits per heavy atom. The Morgan fingerprint density at radius 3 is 2.31 bits per heavy atom. The Hall–Kier alpha value is -2.34. The standard InChI is InChI=1S/C22H27ClN4O2/c1-2-20(28)25-12-14-26(15-13-25)22(29)21-18-6-4-3-5-7-19(18)27(24-21)17-10-8-16(23)9-11-17/h8-11H,2-7,12-15H2,1H3. The van der Waals surface area contributed by atoms with E-state index in [1.165, 1.54) is 6.42 Å². The van der Waals surface area contributed by atoms with Crippen molar-refractivity contribution in [2.45, 2.75) is 45.4 Å². The topological polar surface area (TPSA) is 58.4 Å². The van der Waals surface area contributed by atoms with Gasteiger partial charge < -0.3 is 9.80 Å². The summed E-state index contributed by atoms with van der Waals surface area (Å²) in [6, 6.07) is 7.61. The number of amides is 2. The lowest BCUT2D eigenvalue weighted by Crippen LogP contribution is -2.50. The Balaban J connectivity index is 1.62. The van der Waals surface area contributed by atoms with Crippen molar-refractivity contribution in [2.75, 3.05) is 26.2 Å². The molecule has 1 aromatic carbocycles. The van der Waals surface area contributed by atoms with Crippen molar-refractivity contribution in [1.82, 2.24) is 19.6 Å². The summed E-state index contributed by atoms with van der Waals surface area (Å²) in [5, 5.41) is 5.46. The summed E-state index contributed by atoms with van der Waals surface area (Å²) < 4.78 is 1.93. The van der Waals surface area contributed by atoms with Gasteiger partial charge in [0, 0.05) is 48.9 Å². The van der Waals surface area contributed by atoms with Gasteiger partial charge in [-0.1, -0.05) is 24.9 Å². The molecule has 1 saturated heterocycles. The van der Waals surface area contributed by atoms with Crippen LogP contribution in [0.15, 0.2) is 24.3 Å². The van der Waals surface area contributed by atoms with E-state index in [9.17, 15) is 9.59 Å². The zero-order chi connectivity index (χ0) is 20.4. The largest absolute Gasteiger partial charge is 0.339 e. The number of hydrogen-bond acceptors (Lipinski definition) is 3. The van der Waals surface area contributed by atoms with Crippen molar-refractivity contribution in [3.05, 3.63) is 46.2 Å². The maximum absolute atomic E-state index is 13.4. The molecule has 1 aromatic heterocycles. The lowest BCUT2D eigenvalue weighted by atomic mass is 10.1. The third kappa shape index (κ3) is 4.04. The molecular formula is C22H27ClN4O2. The molecular weight excluding hydrogens is 388 g/mol. The first-order chi connectivity index (χ1) is 14.1. The highest BCUT2D eigenvalue weighted by Crippen LogP contribution is 2.28. The van der Waals surface area contributed by atoms with Crippen LogP contribution >= 0.6 is 11.6 Å². The van der Waals surface area contributed by atoms with Gasteiger partial charge in [0.05, 0.1) is 5.69 Å². The first-order valence-corrected chi connectivity index (χ1v) is 10.9. The molecule has 0 bridgehead atoms. The summed E-state index contributed by atoms with van der Waals surface area (Å²) in [6.07, 6.45) is 5.68. The zero-order valence-electron chi connectivity index (χ0n) is 16.9. The predicted octanol–water partition coefficient (Wildman–Crippen LogP) is 3.49. The Bertz CT molecular complexity index is 898. The van der Waals surface area contributed by atoms with Crippen LogP contribution in [0.5, 0.6) is 0 Å². The van der Waals surface area contributed by atoms with Crippen LogP contribution in [0.25, 0.3) is 5.69 Å². The lowest BCUT2D eigenvalue weighted by molar-refractivity contribution is -0.132. The first kappa shape index (κ1) is 20.0. The molecule has 0 N–H and O–H groups in total. The van der Waals surface area contributed by atoms with Gasteiger partial charge in [0.2, 0.25) is 5.91 Å². The highest BCUT2D eigenvalue weighted by molar-refractivity contribution is 6.30. The second-order valence-corrected chi connectivity index (χ2v) is 8.19.